The molecule has 2 N–H and O–H groups in total. The number of nitrogens with zero attached hydrogens (tertiary/aromatic N) is 2. The molecule has 5 heteroatoms. The Kier molecular flexibility index (Phi) is 4.12. The van der Waals surface area contributed by atoms with E-state index in [0.29, 0.717) is 12.3 Å². The number of imidazole rings is 1. The standard InChI is InChI=1S/C16H16IN3O/c1-11(18)10-13-16(19-15-8-4-5-9-20(13)15)21-14-7-3-2-6-12(14)17/h2-9,11H,10,18H2,1H3. The molecule has 0 spiro atoms. The first-order chi connectivity index (χ1) is 10.1. The summed E-state index contributed by atoms with van der Waals surface area (Å²) in [4.78, 5) is 4.58. The van der Waals surface area contributed by atoms with Crippen LogP contribution in [0.3, 0.4) is 0 Å². The van der Waals surface area contributed by atoms with Crippen LogP contribution in [0.25, 0.3) is 5.65 Å². The van der Waals surface area contributed by atoms with Crippen LogP contribution in [0.1, 0.15) is 12.6 Å². The molecule has 0 aliphatic rings. The zero-order chi connectivity index (χ0) is 14.8. The zero-order valence-electron chi connectivity index (χ0n) is 11.7. The van der Waals surface area contributed by atoms with Gasteiger partial charge in [0.1, 0.15) is 11.4 Å². The van der Waals surface area contributed by atoms with Crippen LogP contribution in [-0.4, -0.2) is 15.4 Å². The molecule has 0 saturated heterocycles. The van der Waals surface area contributed by atoms with Gasteiger partial charge in [-0.15, -0.1) is 0 Å². The van der Waals surface area contributed by atoms with Crippen molar-refractivity contribution in [3.05, 3.63) is 57.9 Å². The second-order valence-electron chi connectivity index (χ2n) is 5.01. The van der Waals surface area contributed by atoms with Gasteiger partial charge in [0, 0.05) is 18.7 Å². The van der Waals surface area contributed by atoms with Crippen molar-refractivity contribution in [2.75, 3.05) is 0 Å². The molecule has 2 heterocycles. The number of para-hydroxylation sites is 1. The van der Waals surface area contributed by atoms with Crippen LogP contribution in [0.4, 0.5) is 0 Å². The Labute approximate surface area is 137 Å². The lowest BCUT2D eigenvalue weighted by molar-refractivity contribution is 0.453. The Bertz CT molecular complexity index is 767. The van der Waals surface area contributed by atoms with Gasteiger partial charge in [-0.25, -0.2) is 0 Å². The van der Waals surface area contributed by atoms with E-state index in [4.69, 9.17) is 10.5 Å². The minimum Gasteiger partial charge on any atom is -0.436 e. The highest BCUT2D eigenvalue weighted by Crippen LogP contribution is 2.29. The summed E-state index contributed by atoms with van der Waals surface area (Å²) in [6, 6.07) is 13.9. The van der Waals surface area contributed by atoms with Gasteiger partial charge in [-0.2, -0.15) is 4.98 Å². The molecule has 1 aromatic carbocycles. The minimum atomic E-state index is 0.0438. The average Bonchev–Trinajstić information content (AvgIpc) is 2.79. The van der Waals surface area contributed by atoms with Gasteiger partial charge >= 0.3 is 0 Å². The number of halogens is 1. The summed E-state index contributed by atoms with van der Waals surface area (Å²) in [7, 11) is 0. The van der Waals surface area contributed by atoms with E-state index in [-0.39, 0.29) is 6.04 Å². The van der Waals surface area contributed by atoms with E-state index < -0.39 is 0 Å². The van der Waals surface area contributed by atoms with Gasteiger partial charge in [-0.3, -0.25) is 0 Å². The van der Waals surface area contributed by atoms with Gasteiger partial charge in [-0.05, 0) is 53.8 Å². The summed E-state index contributed by atoms with van der Waals surface area (Å²) in [6.07, 6.45) is 2.70. The van der Waals surface area contributed by atoms with E-state index in [0.717, 1.165) is 20.7 Å². The van der Waals surface area contributed by atoms with Gasteiger partial charge in [0.05, 0.1) is 9.26 Å². The first-order valence-electron chi connectivity index (χ1n) is 6.79. The molecule has 4 nitrogen and oxygen atoms in total. The molecule has 21 heavy (non-hydrogen) atoms. The third kappa shape index (κ3) is 3.03. The van der Waals surface area contributed by atoms with E-state index in [1.165, 1.54) is 0 Å². The Morgan fingerprint density at radius 3 is 2.76 bits per heavy atom. The highest BCUT2D eigenvalue weighted by molar-refractivity contribution is 14.1. The van der Waals surface area contributed by atoms with Gasteiger partial charge in [-0.1, -0.05) is 18.2 Å². The molecule has 1 atom stereocenters. The Hall–Kier alpha value is -1.60. The number of pyridine rings is 1. The van der Waals surface area contributed by atoms with Crippen molar-refractivity contribution in [1.29, 1.82) is 0 Å². The summed E-state index contributed by atoms with van der Waals surface area (Å²) in [6.45, 7) is 1.98. The Morgan fingerprint density at radius 2 is 2.00 bits per heavy atom. The van der Waals surface area contributed by atoms with E-state index in [9.17, 15) is 0 Å². The molecule has 0 aliphatic carbocycles. The monoisotopic (exact) mass is 393 g/mol. The predicted molar refractivity (Wildman–Crippen MR) is 91.8 cm³/mol. The van der Waals surface area contributed by atoms with E-state index in [1.54, 1.807) is 0 Å². The molecule has 1 unspecified atom stereocenters. The van der Waals surface area contributed by atoms with Crippen LogP contribution in [0, 0.1) is 3.57 Å². The maximum absolute atomic E-state index is 6.03. The van der Waals surface area contributed by atoms with E-state index >= 15 is 0 Å². The first-order valence-corrected chi connectivity index (χ1v) is 7.87. The van der Waals surface area contributed by atoms with Gasteiger partial charge < -0.3 is 14.9 Å². The number of ether oxygens (including phenoxy) is 1. The van der Waals surface area contributed by atoms with Crippen LogP contribution >= 0.6 is 22.6 Å². The first kappa shape index (κ1) is 14.3. The lowest BCUT2D eigenvalue weighted by Gasteiger charge is -2.09. The molecule has 0 amide bonds. The number of nitrogens with two attached hydrogens (primary N) is 1. The lowest BCUT2D eigenvalue weighted by atomic mass is 10.2. The normalized spacial score (nSPS) is 12.5. The zero-order valence-corrected chi connectivity index (χ0v) is 13.8. The third-order valence-electron chi connectivity index (χ3n) is 3.15. The summed E-state index contributed by atoms with van der Waals surface area (Å²) in [5, 5.41) is 0. The van der Waals surface area contributed by atoms with Crippen molar-refractivity contribution in [2.45, 2.75) is 19.4 Å². The van der Waals surface area contributed by atoms with Crippen molar-refractivity contribution >= 4 is 28.2 Å². The van der Waals surface area contributed by atoms with Crippen molar-refractivity contribution in [1.82, 2.24) is 9.38 Å². The number of aromatic nitrogens is 2. The van der Waals surface area contributed by atoms with Crippen molar-refractivity contribution in [3.63, 3.8) is 0 Å². The molecule has 2 aromatic heterocycles. The number of fused-ring (bicyclic) bond motifs is 1. The number of benzene rings is 1. The summed E-state index contributed by atoms with van der Waals surface area (Å²) >= 11 is 2.26. The van der Waals surface area contributed by atoms with Crippen molar-refractivity contribution < 1.29 is 4.74 Å². The highest BCUT2D eigenvalue weighted by atomic mass is 127. The number of rotatable bonds is 4. The van der Waals surface area contributed by atoms with Crippen LogP contribution in [-0.2, 0) is 6.42 Å². The smallest absolute Gasteiger partial charge is 0.241 e. The molecular formula is C16H16IN3O. The maximum atomic E-state index is 6.03. The fourth-order valence-corrected chi connectivity index (χ4v) is 2.73. The fraction of sp³-hybridized carbons (Fsp3) is 0.188. The third-order valence-corrected chi connectivity index (χ3v) is 4.04. The van der Waals surface area contributed by atoms with Gasteiger partial charge in [0.15, 0.2) is 0 Å². The Balaban J connectivity index is 2.07. The van der Waals surface area contributed by atoms with Crippen LogP contribution in [0.15, 0.2) is 48.7 Å². The molecule has 0 bridgehead atoms. The van der Waals surface area contributed by atoms with Gasteiger partial charge in [0.2, 0.25) is 5.88 Å². The number of hydrogen-bond donors (Lipinski definition) is 1. The average molecular weight is 393 g/mol. The Morgan fingerprint density at radius 1 is 1.24 bits per heavy atom. The molecule has 3 aromatic rings. The van der Waals surface area contributed by atoms with Gasteiger partial charge in [0.25, 0.3) is 0 Å². The van der Waals surface area contributed by atoms with Crippen molar-refractivity contribution in [3.8, 4) is 11.6 Å². The molecule has 3 rings (SSSR count). The molecular weight excluding hydrogens is 377 g/mol. The van der Waals surface area contributed by atoms with Crippen LogP contribution in [0.2, 0.25) is 0 Å². The van der Waals surface area contributed by atoms with Crippen molar-refractivity contribution in [2.24, 2.45) is 5.73 Å². The minimum absolute atomic E-state index is 0.0438. The fourth-order valence-electron chi connectivity index (χ4n) is 2.23. The summed E-state index contributed by atoms with van der Waals surface area (Å²) < 4.78 is 9.12. The van der Waals surface area contributed by atoms with E-state index in [2.05, 4.69) is 27.6 Å². The second-order valence-corrected chi connectivity index (χ2v) is 6.17. The van der Waals surface area contributed by atoms with E-state index in [1.807, 2.05) is 60.0 Å². The largest absolute Gasteiger partial charge is 0.436 e. The lowest BCUT2D eigenvalue weighted by Crippen LogP contribution is -2.19. The second kappa shape index (κ2) is 6.03. The summed E-state index contributed by atoms with van der Waals surface area (Å²) in [5.74, 6) is 1.44. The molecule has 0 saturated carbocycles. The maximum Gasteiger partial charge on any atom is 0.241 e. The highest BCUT2D eigenvalue weighted by Gasteiger charge is 2.16. The molecule has 108 valence electrons. The van der Waals surface area contributed by atoms with Crippen LogP contribution < -0.4 is 10.5 Å². The van der Waals surface area contributed by atoms with Crippen LogP contribution in [0.5, 0.6) is 11.6 Å². The predicted octanol–water partition coefficient (Wildman–Crippen LogP) is 3.62. The SMILES string of the molecule is CC(N)Cc1c(Oc2ccccc2I)nc2ccccn12. The summed E-state index contributed by atoms with van der Waals surface area (Å²) in [5.41, 5.74) is 7.84. The quantitative estimate of drug-likeness (QED) is 0.689. The molecule has 0 radical (unpaired) electrons. The molecule has 0 fully saturated rings. The molecule has 0 aliphatic heterocycles. The number of hydrogen-bond acceptors (Lipinski definition) is 3. The topological polar surface area (TPSA) is 52.5 Å².